The second-order valence-corrected chi connectivity index (χ2v) is 1.81. The van der Waals surface area contributed by atoms with Crippen LogP contribution in [0.25, 0.3) is 0 Å². The molecule has 1 aromatic heterocycles. The summed E-state index contributed by atoms with van der Waals surface area (Å²) in [5.74, 6) is -0.942. The highest BCUT2D eigenvalue weighted by atomic mass is 35.5. The molecule has 0 radical (unpaired) electrons. The number of rotatable bonds is 1. The van der Waals surface area contributed by atoms with Gasteiger partial charge in [0.05, 0.1) is 0 Å². The van der Waals surface area contributed by atoms with Gasteiger partial charge in [0.1, 0.15) is 0 Å². The first-order valence-electron chi connectivity index (χ1n) is 2.38. The average molecular weight is 161 g/mol. The highest BCUT2D eigenvalue weighted by Crippen LogP contribution is 2.01. The Hall–Kier alpha value is -1.03. The molecule has 0 spiro atoms. The maximum atomic E-state index is 12.4. The van der Waals surface area contributed by atoms with Crippen LogP contribution in [0.15, 0.2) is 12.4 Å². The van der Waals surface area contributed by atoms with Crippen molar-refractivity contribution < 1.29 is 9.18 Å². The normalized spacial score (nSPS) is 9.40. The number of halogens is 2. The molecule has 0 aliphatic heterocycles. The van der Waals surface area contributed by atoms with Crippen LogP contribution in [-0.2, 0) is 0 Å². The van der Waals surface area contributed by atoms with Crippen molar-refractivity contribution in [3.05, 3.63) is 24.0 Å². The Morgan fingerprint density at radius 2 is 2.10 bits per heavy atom. The lowest BCUT2D eigenvalue weighted by atomic mass is 10.5. The number of hydrogen-bond donors (Lipinski definition) is 0. The van der Waals surface area contributed by atoms with Crippen LogP contribution < -0.4 is 0 Å². The smallest absolute Gasteiger partial charge is 0.274 e. The van der Waals surface area contributed by atoms with Crippen molar-refractivity contribution in [1.29, 1.82) is 0 Å². The molecule has 0 aliphatic carbocycles. The van der Waals surface area contributed by atoms with E-state index >= 15 is 0 Å². The van der Waals surface area contributed by atoms with Crippen molar-refractivity contribution in [2.75, 3.05) is 0 Å². The Morgan fingerprint density at radius 1 is 1.50 bits per heavy atom. The maximum Gasteiger partial charge on any atom is 0.275 e. The summed E-state index contributed by atoms with van der Waals surface area (Å²) >= 11 is 4.93. The summed E-state index contributed by atoms with van der Waals surface area (Å²) in [7, 11) is 0. The van der Waals surface area contributed by atoms with Crippen LogP contribution >= 0.6 is 11.6 Å². The zero-order chi connectivity index (χ0) is 7.56. The molecule has 1 rings (SSSR count). The van der Waals surface area contributed by atoms with Gasteiger partial charge in [0.15, 0.2) is 5.69 Å². The molecule has 1 heterocycles. The first-order valence-corrected chi connectivity index (χ1v) is 2.76. The van der Waals surface area contributed by atoms with E-state index in [-0.39, 0.29) is 0 Å². The molecule has 0 N–H and O–H groups in total. The number of carbonyl (C=O) groups is 1. The molecule has 0 bridgehead atoms. The third kappa shape index (κ3) is 1.27. The highest BCUT2D eigenvalue weighted by molar-refractivity contribution is 6.67. The topological polar surface area (TPSA) is 42.9 Å². The van der Waals surface area contributed by atoms with Gasteiger partial charge in [0.25, 0.3) is 5.24 Å². The van der Waals surface area contributed by atoms with Crippen molar-refractivity contribution >= 4 is 16.8 Å². The second kappa shape index (κ2) is 2.70. The van der Waals surface area contributed by atoms with Gasteiger partial charge in [-0.3, -0.25) is 4.79 Å². The molecular formula is C5H2ClFN2O. The molecule has 0 atom stereocenters. The van der Waals surface area contributed by atoms with Crippen LogP contribution in [0.1, 0.15) is 10.5 Å². The number of aromatic nitrogens is 2. The Kier molecular flexibility index (Phi) is 1.91. The SMILES string of the molecule is O=C(Cl)c1nccnc1F. The average Bonchev–Trinajstić information content (AvgIpc) is 1.88. The fourth-order valence-electron chi connectivity index (χ4n) is 0.453. The minimum Gasteiger partial charge on any atom is -0.274 e. The van der Waals surface area contributed by atoms with Crippen LogP contribution in [0.4, 0.5) is 4.39 Å². The molecule has 0 saturated heterocycles. The van der Waals surface area contributed by atoms with E-state index in [4.69, 9.17) is 11.6 Å². The van der Waals surface area contributed by atoms with Crippen LogP contribution in [0.5, 0.6) is 0 Å². The quantitative estimate of drug-likeness (QED) is 0.576. The summed E-state index contributed by atoms with van der Waals surface area (Å²) in [5, 5.41) is -0.939. The van der Waals surface area contributed by atoms with Crippen molar-refractivity contribution in [3.63, 3.8) is 0 Å². The zero-order valence-electron chi connectivity index (χ0n) is 4.71. The van der Waals surface area contributed by atoms with Crippen molar-refractivity contribution in [1.82, 2.24) is 9.97 Å². The number of hydrogen-bond acceptors (Lipinski definition) is 3. The van der Waals surface area contributed by atoms with Gasteiger partial charge in [-0.25, -0.2) is 9.97 Å². The Bertz CT molecular complexity index is 266. The van der Waals surface area contributed by atoms with Gasteiger partial charge in [-0.05, 0) is 11.6 Å². The molecular weight excluding hydrogens is 159 g/mol. The van der Waals surface area contributed by atoms with Gasteiger partial charge in [-0.1, -0.05) is 0 Å². The van der Waals surface area contributed by atoms with Gasteiger partial charge in [0, 0.05) is 12.4 Å². The monoisotopic (exact) mass is 160 g/mol. The molecule has 1 aromatic rings. The molecule has 3 nitrogen and oxygen atoms in total. The zero-order valence-corrected chi connectivity index (χ0v) is 5.47. The predicted molar refractivity (Wildman–Crippen MR) is 32.2 cm³/mol. The van der Waals surface area contributed by atoms with Crippen LogP contribution in [0.3, 0.4) is 0 Å². The highest BCUT2D eigenvalue weighted by Gasteiger charge is 2.09. The molecule has 0 aliphatic rings. The van der Waals surface area contributed by atoms with Gasteiger partial charge in [-0.2, -0.15) is 4.39 Å². The molecule has 0 fully saturated rings. The molecule has 0 aromatic carbocycles. The Morgan fingerprint density at radius 3 is 2.50 bits per heavy atom. The number of carbonyl (C=O) groups excluding carboxylic acids is 1. The van der Waals surface area contributed by atoms with E-state index in [9.17, 15) is 9.18 Å². The summed E-state index contributed by atoms with van der Waals surface area (Å²) in [5.41, 5.74) is -0.441. The van der Waals surface area contributed by atoms with Gasteiger partial charge < -0.3 is 0 Å². The number of nitrogens with zero attached hydrogens (tertiary/aromatic N) is 2. The van der Waals surface area contributed by atoms with E-state index in [1.165, 1.54) is 6.20 Å². The lowest BCUT2D eigenvalue weighted by Gasteiger charge is -1.90. The minimum absolute atomic E-state index is 0.441. The van der Waals surface area contributed by atoms with E-state index in [0.29, 0.717) is 0 Å². The lowest BCUT2D eigenvalue weighted by molar-refractivity contribution is 0.107. The third-order valence-electron chi connectivity index (χ3n) is 0.840. The summed E-state index contributed by atoms with van der Waals surface area (Å²) in [4.78, 5) is 16.8. The molecule has 0 saturated carbocycles. The Balaban J connectivity index is 3.15. The predicted octanol–water partition coefficient (Wildman–Crippen LogP) is 0.995. The van der Waals surface area contributed by atoms with Crippen molar-refractivity contribution in [2.24, 2.45) is 0 Å². The van der Waals surface area contributed by atoms with Crippen LogP contribution in [-0.4, -0.2) is 15.2 Å². The van der Waals surface area contributed by atoms with Crippen LogP contribution in [0, 0.1) is 5.95 Å². The summed E-state index contributed by atoms with van der Waals surface area (Å²) in [6, 6.07) is 0. The first-order chi connectivity index (χ1) is 4.72. The summed E-state index contributed by atoms with van der Waals surface area (Å²) < 4.78 is 12.4. The van der Waals surface area contributed by atoms with E-state index in [0.717, 1.165) is 6.20 Å². The fourth-order valence-corrected chi connectivity index (χ4v) is 0.580. The maximum absolute atomic E-state index is 12.4. The van der Waals surface area contributed by atoms with Gasteiger partial charge in [0.2, 0.25) is 5.95 Å². The Labute approximate surface area is 60.9 Å². The molecule has 0 amide bonds. The third-order valence-corrected chi connectivity index (χ3v) is 1.02. The molecule has 52 valence electrons. The van der Waals surface area contributed by atoms with E-state index in [1.54, 1.807) is 0 Å². The summed E-state index contributed by atoms with van der Waals surface area (Å²) in [6.45, 7) is 0. The molecule has 10 heavy (non-hydrogen) atoms. The van der Waals surface area contributed by atoms with E-state index < -0.39 is 16.9 Å². The largest absolute Gasteiger partial charge is 0.275 e. The van der Waals surface area contributed by atoms with Crippen molar-refractivity contribution in [3.8, 4) is 0 Å². The molecule has 0 unspecified atom stereocenters. The van der Waals surface area contributed by atoms with Gasteiger partial charge >= 0.3 is 0 Å². The summed E-state index contributed by atoms with van der Waals surface area (Å²) in [6.07, 6.45) is 2.33. The van der Waals surface area contributed by atoms with Crippen LogP contribution in [0.2, 0.25) is 0 Å². The van der Waals surface area contributed by atoms with E-state index in [1.807, 2.05) is 0 Å². The minimum atomic E-state index is -0.942. The second-order valence-electron chi connectivity index (χ2n) is 1.47. The fraction of sp³-hybridized carbons (Fsp3) is 0. The van der Waals surface area contributed by atoms with Gasteiger partial charge in [-0.15, -0.1) is 0 Å². The lowest BCUT2D eigenvalue weighted by Crippen LogP contribution is -1.99. The first kappa shape index (κ1) is 7.08. The molecule has 5 heteroatoms. The standard InChI is InChI=1S/C5H2ClFN2O/c6-4(10)3-5(7)9-2-1-8-3/h1-2H. The van der Waals surface area contributed by atoms with Crippen molar-refractivity contribution in [2.45, 2.75) is 0 Å². The van der Waals surface area contributed by atoms with E-state index in [2.05, 4.69) is 9.97 Å².